The summed E-state index contributed by atoms with van der Waals surface area (Å²) < 4.78 is 0. The number of carboxylic acid groups (broad SMARTS) is 1. The first-order valence-corrected chi connectivity index (χ1v) is 16.2. The third-order valence-electron chi connectivity index (χ3n) is 8.61. The van der Waals surface area contributed by atoms with Gasteiger partial charge in [-0.3, -0.25) is 28.8 Å². The molecule has 16 nitrogen and oxygen atoms in total. The minimum atomic E-state index is -1.39. The van der Waals surface area contributed by atoms with E-state index in [1.165, 1.54) is 28.9 Å². The smallest absolute Gasteiger partial charge is 0.326 e. The van der Waals surface area contributed by atoms with Crippen molar-refractivity contribution in [1.29, 1.82) is 0 Å². The molecule has 0 aliphatic carbocycles. The van der Waals surface area contributed by atoms with Gasteiger partial charge in [0.1, 0.15) is 36.0 Å². The molecule has 2 saturated heterocycles. The quantitative estimate of drug-likeness (QED) is 0.116. The molecule has 2 fully saturated rings. The van der Waals surface area contributed by atoms with Crippen LogP contribution in [0.3, 0.4) is 0 Å². The molecule has 6 atom stereocenters. The Balaban J connectivity index is 1.83. The van der Waals surface area contributed by atoms with Gasteiger partial charge in [0, 0.05) is 25.9 Å². The molecule has 0 radical (unpaired) electrons. The van der Waals surface area contributed by atoms with Gasteiger partial charge in [0.2, 0.25) is 35.4 Å². The summed E-state index contributed by atoms with van der Waals surface area (Å²) in [6.45, 7) is 5.46. The summed E-state index contributed by atoms with van der Waals surface area (Å²) in [6.07, 6.45) is 1.03. The molecule has 9 N–H and O–H groups in total. The molecule has 0 spiro atoms. The average molecular weight is 674 g/mol. The lowest BCUT2D eigenvalue weighted by atomic mass is 10.0. The van der Waals surface area contributed by atoms with E-state index in [4.69, 9.17) is 11.5 Å². The molecule has 0 saturated carbocycles. The van der Waals surface area contributed by atoms with Crippen molar-refractivity contribution < 1.29 is 43.8 Å². The van der Waals surface area contributed by atoms with Crippen molar-refractivity contribution in [2.75, 3.05) is 13.1 Å². The number of phenols is 1. The van der Waals surface area contributed by atoms with E-state index >= 15 is 0 Å². The Morgan fingerprint density at radius 3 is 1.83 bits per heavy atom. The molecule has 1 aromatic carbocycles. The van der Waals surface area contributed by atoms with E-state index in [1.807, 2.05) is 0 Å². The molecule has 0 unspecified atom stereocenters. The summed E-state index contributed by atoms with van der Waals surface area (Å²) in [5.74, 6) is -5.22. The van der Waals surface area contributed by atoms with Crippen LogP contribution >= 0.6 is 0 Å². The number of aromatic hydroxyl groups is 1. The summed E-state index contributed by atoms with van der Waals surface area (Å²) in [7, 11) is 0. The van der Waals surface area contributed by atoms with Crippen LogP contribution < -0.4 is 27.4 Å². The first-order valence-electron chi connectivity index (χ1n) is 16.2. The molecule has 6 amide bonds. The highest BCUT2D eigenvalue weighted by molar-refractivity contribution is 5.97. The highest BCUT2D eigenvalue weighted by atomic mass is 16.4. The first kappa shape index (κ1) is 37.7. The second-order valence-electron chi connectivity index (χ2n) is 12.7. The zero-order valence-corrected chi connectivity index (χ0v) is 27.5. The third kappa shape index (κ3) is 9.89. The maximum Gasteiger partial charge on any atom is 0.326 e. The lowest BCUT2D eigenvalue weighted by Crippen LogP contribution is -2.59. The minimum absolute atomic E-state index is 0.00203. The lowest BCUT2D eigenvalue weighted by Gasteiger charge is -2.33. The number of hydrogen-bond acceptors (Lipinski definition) is 9. The summed E-state index contributed by atoms with van der Waals surface area (Å²) >= 11 is 0. The fraction of sp³-hybridized carbons (Fsp3) is 0.594. The van der Waals surface area contributed by atoms with E-state index in [-0.39, 0.29) is 50.4 Å². The van der Waals surface area contributed by atoms with Gasteiger partial charge in [0.05, 0.1) is 6.04 Å². The Bertz CT molecular complexity index is 1370. The van der Waals surface area contributed by atoms with Crippen LogP contribution in [0.15, 0.2) is 24.3 Å². The van der Waals surface area contributed by atoms with Gasteiger partial charge in [-0.1, -0.05) is 26.0 Å². The molecule has 2 aliphatic heterocycles. The molecule has 1 aromatic rings. The van der Waals surface area contributed by atoms with Gasteiger partial charge in [0.25, 0.3) is 0 Å². The Morgan fingerprint density at radius 2 is 1.35 bits per heavy atom. The number of benzene rings is 1. The number of carboxylic acids is 1. The van der Waals surface area contributed by atoms with Crippen molar-refractivity contribution in [3.8, 4) is 5.75 Å². The fourth-order valence-corrected chi connectivity index (χ4v) is 5.93. The molecule has 2 heterocycles. The zero-order chi connectivity index (χ0) is 35.7. The van der Waals surface area contributed by atoms with Crippen molar-refractivity contribution >= 4 is 41.4 Å². The third-order valence-corrected chi connectivity index (χ3v) is 8.61. The van der Waals surface area contributed by atoms with Crippen molar-refractivity contribution in [3.63, 3.8) is 0 Å². The van der Waals surface area contributed by atoms with E-state index in [1.54, 1.807) is 26.0 Å². The van der Waals surface area contributed by atoms with Crippen LogP contribution in [0.1, 0.15) is 64.9 Å². The molecule has 0 bridgehead atoms. The second-order valence-corrected chi connectivity index (χ2v) is 12.7. The Labute approximate surface area is 278 Å². The Kier molecular flexibility index (Phi) is 13.3. The SMILES string of the molecule is CC(C)[C@H](NC(=O)[C@H](C)N)C(=O)N1CCC[C@H]1C(=O)N[C@@H](Cc1ccc(O)cc1)C(=O)N1CCC[C@H]1C(=O)N[C@@H](CCC(N)=O)C(=O)O. The first-order chi connectivity index (χ1) is 22.6. The van der Waals surface area contributed by atoms with E-state index in [0.717, 1.165) is 0 Å². The molecule has 3 rings (SSSR count). The molecule has 2 aliphatic rings. The maximum atomic E-state index is 14.1. The number of nitrogens with one attached hydrogen (secondary N) is 3. The van der Waals surface area contributed by atoms with E-state index in [2.05, 4.69) is 16.0 Å². The van der Waals surface area contributed by atoms with Crippen molar-refractivity contribution in [2.24, 2.45) is 17.4 Å². The number of primary amides is 1. The van der Waals surface area contributed by atoms with Crippen LogP contribution in [0.25, 0.3) is 0 Å². The van der Waals surface area contributed by atoms with Gasteiger partial charge in [-0.15, -0.1) is 0 Å². The number of likely N-dealkylation sites (tertiary alicyclic amines) is 2. The Morgan fingerprint density at radius 1 is 0.833 bits per heavy atom. The number of amides is 6. The standard InChI is InChI=1S/C32H47N7O9/c1-17(2)26(37-27(42)18(3)33)31(46)39-15-5-7-24(39)29(44)36-22(16-19-8-10-20(40)11-9-19)30(45)38-14-4-6-23(38)28(43)35-21(32(47)48)12-13-25(34)41/h8-11,17-18,21-24,26,40H,4-7,12-16,33H2,1-3H3,(H2,34,41)(H,35,43)(H,36,44)(H,37,42)(H,47,48)/t18-,21-,22-,23-,24-,26-/m0/s1. The van der Waals surface area contributed by atoms with Crippen molar-refractivity contribution in [1.82, 2.24) is 25.8 Å². The number of phenolic OH excluding ortho intramolecular Hbond substituents is 1. The van der Waals surface area contributed by atoms with Crippen molar-refractivity contribution in [3.05, 3.63) is 29.8 Å². The van der Waals surface area contributed by atoms with Crippen LogP contribution in [0.5, 0.6) is 5.75 Å². The fourth-order valence-electron chi connectivity index (χ4n) is 5.93. The Hall–Kier alpha value is -4.73. The topological polar surface area (TPSA) is 255 Å². The van der Waals surface area contributed by atoms with Gasteiger partial charge < -0.3 is 47.4 Å². The molecular weight excluding hydrogens is 626 g/mol. The normalized spacial score (nSPS) is 20.0. The number of rotatable bonds is 15. The van der Waals surface area contributed by atoms with Gasteiger partial charge >= 0.3 is 5.97 Å². The summed E-state index contributed by atoms with van der Waals surface area (Å²) in [6, 6.07) is -0.260. The number of carbonyl (C=O) groups excluding carboxylic acids is 6. The number of hydrogen-bond donors (Lipinski definition) is 7. The monoisotopic (exact) mass is 673 g/mol. The maximum absolute atomic E-state index is 14.1. The van der Waals surface area contributed by atoms with Crippen molar-refractivity contribution in [2.45, 2.75) is 102 Å². The average Bonchev–Trinajstić information content (AvgIpc) is 3.72. The predicted octanol–water partition coefficient (Wildman–Crippen LogP) is -1.28. The zero-order valence-electron chi connectivity index (χ0n) is 27.5. The molecule has 16 heteroatoms. The van der Waals surface area contributed by atoms with Gasteiger partial charge in [-0.2, -0.15) is 0 Å². The van der Waals surface area contributed by atoms with E-state index in [0.29, 0.717) is 24.8 Å². The highest BCUT2D eigenvalue weighted by Gasteiger charge is 2.42. The summed E-state index contributed by atoms with van der Waals surface area (Å²) in [5.41, 5.74) is 11.4. The van der Waals surface area contributed by atoms with Crippen LogP contribution in [-0.4, -0.2) is 111 Å². The number of nitrogens with two attached hydrogens (primary N) is 2. The predicted molar refractivity (Wildman–Crippen MR) is 172 cm³/mol. The molecule has 0 aromatic heterocycles. The second kappa shape index (κ2) is 16.9. The summed E-state index contributed by atoms with van der Waals surface area (Å²) in [5, 5.41) is 27.2. The number of carbonyl (C=O) groups is 7. The molecule has 264 valence electrons. The summed E-state index contributed by atoms with van der Waals surface area (Å²) in [4.78, 5) is 92.7. The van der Waals surface area contributed by atoms with E-state index in [9.17, 15) is 43.8 Å². The van der Waals surface area contributed by atoms with Crippen LogP contribution in [0.4, 0.5) is 0 Å². The van der Waals surface area contributed by atoms with E-state index < -0.39 is 77.7 Å². The van der Waals surface area contributed by atoms with Gasteiger partial charge in [-0.05, 0) is 62.6 Å². The number of aliphatic carboxylic acids is 1. The molecule has 48 heavy (non-hydrogen) atoms. The van der Waals surface area contributed by atoms with Gasteiger partial charge in [0.15, 0.2) is 0 Å². The molecular formula is C32H47N7O9. The van der Waals surface area contributed by atoms with Crippen LogP contribution in [-0.2, 0) is 40.0 Å². The van der Waals surface area contributed by atoms with Crippen LogP contribution in [0.2, 0.25) is 0 Å². The number of nitrogens with zero attached hydrogens (tertiary/aromatic N) is 2. The minimum Gasteiger partial charge on any atom is -0.508 e. The lowest BCUT2D eigenvalue weighted by molar-refractivity contribution is -0.146. The largest absolute Gasteiger partial charge is 0.508 e. The van der Waals surface area contributed by atoms with Gasteiger partial charge in [-0.25, -0.2) is 4.79 Å². The van der Waals surface area contributed by atoms with Crippen LogP contribution in [0, 0.1) is 5.92 Å². The highest BCUT2D eigenvalue weighted by Crippen LogP contribution is 2.23.